The third-order valence-electron chi connectivity index (χ3n) is 1.63. The molecule has 0 aliphatic carbocycles. The van der Waals surface area contributed by atoms with E-state index in [2.05, 4.69) is 5.32 Å². The first kappa shape index (κ1) is 15.0. The Bertz CT molecular complexity index is 203. The van der Waals surface area contributed by atoms with Gasteiger partial charge in [-0.3, -0.25) is 0 Å². The van der Waals surface area contributed by atoms with Crippen LogP contribution in [0.4, 0.5) is 0 Å². The van der Waals surface area contributed by atoms with Gasteiger partial charge in [-0.1, -0.05) is 0 Å². The zero-order valence-corrected chi connectivity index (χ0v) is 9.89. The first-order valence-corrected chi connectivity index (χ1v) is 5.30. The monoisotopic (exact) mass is 233 g/mol. The normalized spacial score (nSPS) is 12.5. The Morgan fingerprint density at radius 1 is 1.19 bits per heavy atom. The molecule has 6 heteroatoms. The molecule has 16 heavy (non-hydrogen) atoms. The molecule has 1 N–H and O–H groups in total. The van der Waals surface area contributed by atoms with E-state index in [1.165, 1.54) is 0 Å². The minimum atomic E-state index is -1.07. The van der Waals surface area contributed by atoms with Crippen molar-refractivity contribution >= 4 is 12.3 Å². The van der Waals surface area contributed by atoms with E-state index in [0.29, 0.717) is 19.5 Å². The van der Waals surface area contributed by atoms with Gasteiger partial charge in [0.05, 0.1) is 6.61 Å². The predicted molar refractivity (Wildman–Crippen MR) is 56.7 cm³/mol. The highest BCUT2D eigenvalue weighted by molar-refractivity contribution is 5.92. The third-order valence-corrected chi connectivity index (χ3v) is 1.63. The van der Waals surface area contributed by atoms with Gasteiger partial charge in [-0.2, -0.15) is 0 Å². The fraction of sp³-hybridized carbons (Fsp3) is 0.800. The lowest BCUT2D eigenvalue weighted by Crippen LogP contribution is -2.47. The third kappa shape index (κ3) is 5.79. The number of ether oxygens (including phenoxy) is 3. The largest absolute Gasteiger partial charge is 0.464 e. The summed E-state index contributed by atoms with van der Waals surface area (Å²) in [5.41, 5.74) is 0. The summed E-state index contributed by atoms with van der Waals surface area (Å²) in [4.78, 5) is 22.0. The maximum Gasteiger partial charge on any atom is 0.330 e. The van der Waals surface area contributed by atoms with Crippen LogP contribution in [0.25, 0.3) is 0 Å². The number of rotatable bonds is 9. The molecule has 0 bridgehead atoms. The van der Waals surface area contributed by atoms with Gasteiger partial charge in [0.15, 0.2) is 6.04 Å². The minimum Gasteiger partial charge on any atom is -0.464 e. The summed E-state index contributed by atoms with van der Waals surface area (Å²) in [6, 6.07) is -1.07. The molecule has 0 aliphatic heterocycles. The number of carbonyl (C=O) groups excluding carboxylic acids is 2. The van der Waals surface area contributed by atoms with Crippen LogP contribution < -0.4 is 5.32 Å². The van der Waals surface area contributed by atoms with Crippen LogP contribution in [0.2, 0.25) is 0 Å². The average molecular weight is 233 g/mol. The standard InChI is InChI=1S/C10H19NO5/c1-4-14-9(13)8(7-12)11-10(15-5-2)16-6-3/h7-8,10-11H,4-6H2,1-3H3. The molecular weight excluding hydrogens is 214 g/mol. The molecule has 0 saturated carbocycles. The lowest BCUT2D eigenvalue weighted by Gasteiger charge is -2.20. The fourth-order valence-corrected chi connectivity index (χ4v) is 0.989. The van der Waals surface area contributed by atoms with Crippen molar-refractivity contribution in [2.75, 3.05) is 19.8 Å². The second-order valence-corrected chi connectivity index (χ2v) is 2.78. The Morgan fingerprint density at radius 3 is 2.12 bits per heavy atom. The molecule has 1 atom stereocenters. The highest BCUT2D eigenvalue weighted by Crippen LogP contribution is 1.95. The van der Waals surface area contributed by atoms with Crippen LogP contribution in [0.1, 0.15) is 20.8 Å². The van der Waals surface area contributed by atoms with E-state index in [9.17, 15) is 9.59 Å². The summed E-state index contributed by atoms with van der Waals surface area (Å²) >= 11 is 0. The van der Waals surface area contributed by atoms with E-state index < -0.39 is 18.4 Å². The fourth-order valence-electron chi connectivity index (χ4n) is 0.989. The lowest BCUT2D eigenvalue weighted by molar-refractivity contribution is -0.171. The number of hydrogen-bond donors (Lipinski definition) is 1. The van der Waals surface area contributed by atoms with Gasteiger partial charge in [0.1, 0.15) is 6.29 Å². The zero-order valence-electron chi connectivity index (χ0n) is 9.89. The minimum absolute atomic E-state index is 0.221. The molecule has 6 nitrogen and oxygen atoms in total. The zero-order chi connectivity index (χ0) is 12.4. The molecule has 0 spiro atoms. The molecule has 0 amide bonds. The summed E-state index contributed by atoms with van der Waals surface area (Å²) in [5, 5.41) is 2.60. The number of aldehydes is 1. The summed E-state index contributed by atoms with van der Waals surface area (Å²) in [7, 11) is 0. The van der Waals surface area contributed by atoms with Crippen molar-refractivity contribution in [1.29, 1.82) is 0 Å². The van der Waals surface area contributed by atoms with Gasteiger partial charge in [0.25, 0.3) is 0 Å². The molecule has 94 valence electrons. The van der Waals surface area contributed by atoms with Crippen LogP contribution in [0.5, 0.6) is 0 Å². The van der Waals surface area contributed by atoms with Crippen molar-refractivity contribution < 1.29 is 23.8 Å². The van der Waals surface area contributed by atoms with E-state index in [1.54, 1.807) is 20.8 Å². The van der Waals surface area contributed by atoms with Gasteiger partial charge in [-0.15, -0.1) is 0 Å². The number of nitrogens with one attached hydrogen (secondary N) is 1. The van der Waals surface area contributed by atoms with Crippen LogP contribution in [0, 0.1) is 0 Å². The van der Waals surface area contributed by atoms with Crippen LogP contribution in [-0.2, 0) is 23.8 Å². The van der Waals surface area contributed by atoms with Crippen LogP contribution in [-0.4, -0.2) is 44.5 Å². The number of carbonyl (C=O) groups is 2. The van der Waals surface area contributed by atoms with E-state index >= 15 is 0 Å². The van der Waals surface area contributed by atoms with Gasteiger partial charge in [0, 0.05) is 13.2 Å². The molecule has 1 unspecified atom stereocenters. The Labute approximate surface area is 95.2 Å². The van der Waals surface area contributed by atoms with Crippen LogP contribution >= 0.6 is 0 Å². The second kappa shape index (κ2) is 9.26. The predicted octanol–water partition coefficient (Wildman–Crippen LogP) is 0.0632. The highest BCUT2D eigenvalue weighted by Gasteiger charge is 2.22. The summed E-state index contributed by atoms with van der Waals surface area (Å²) < 4.78 is 15.0. The first-order chi connectivity index (χ1) is 7.69. The quantitative estimate of drug-likeness (QED) is 0.263. The molecule has 0 aromatic rings. The summed E-state index contributed by atoms with van der Waals surface area (Å²) in [6.45, 7) is 6.28. The van der Waals surface area contributed by atoms with E-state index in [-0.39, 0.29) is 6.61 Å². The molecule has 0 fully saturated rings. The smallest absolute Gasteiger partial charge is 0.330 e. The molecular formula is C10H19NO5. The highest BCUT2D eigenvalue weighted by atomic mass is 16.7. The van der Waals surface area contributed by atoms with Crippen molar-refractivity contribution in [3.05, 3.63) is 0 Å². The van der Waals surface area contributed by atoms with Gasteiger partial charge in [0.2, 0.25) is 6.41 Å². The summed E-state index contributed by atoms with van der Waals surface area (Å²) in [5.74, 6) is -0.637. The average Bonchev–Trinajstić information content (AvgIpc) is 2.26. The summed E-state index contributed by atoms with van der Waals surface area (Å²) in [6.07, 6.45) is -0.321. The molecule has 0 aliphatic rings. The molecule has 0 radical (unpaired) electrons. The Morgan fingerprint density at radius 2 is 1.75 bits per heavy atom. The molecule has 0 heterocycles. The Kier molecular flexibility index (Phi) is 8.69. The van der Waals surface area contributed by atoms with Gasteiger partial charge < -0.3 is 19.0 Å². The van der Waals surface area contributed by atoms with Crippen molar-refractivity contribution in [2.24, 2.45) is 0 Å². The Balaban J connectivity index is 4.24. The van der Waals surface area contributed by atoms with Gasteiger partial charge in [-0.25, -0.2) is 10.1 Å². The lowest BCUT2D eigenvalue weighted by atomic mass is 10.3. The van der Waals surface area contributed by atoms with Gasteiger partial charge >= 0.3 is 5.97 Å². The molecule has 0 aromatic carbocycles. The molecule has 0 rings (SSSR count). The number of hydrogen-bond acceptors (Lipinski definition) is 6. The first-order valence-electron chi connectivity index (χ1n) is 5.30. The topological polar surface area (TPSA) is 73.9 Å². The van der Waals surface area contributed by atoms with E-state index in [0.717, 1.165) is 0 Å². The van der Waals surface area contributed by atoms with E-state index in [4.69, 9.17) is 14.2 Å². The van der Waals surface area contributed by atoms with E-state index in [1.807, 2.05) is 0 Å². The molecule has 0 aromatic heterocycles. The van der Waals surface area contributed by atoms with Gasteiger partial charge in [-0.05, 0) is 20.8 Å². The second-order valence-electron chi connectivity index (χ2n) is 2.78. The van der Waals surface area contributed by atoms with Crippen molar-refractivity contribution in [1.82, 2.24) is 5.32 Å². The molecule has 0 saturated heterocycles. The van der Waals surface area contributed by atoms with Crippen molar-refractivity contribution in [2.45, 2.75) is 33.2 Å². The SMILES string of the molecule is CCOC(=O)C(C=O)NC(OCC)OCC. The van der Waals surface area contributed by atoms with Crippen LogP contribution in [0.3, 0.4) is 0 Å². The van der Waals surface area contributed by atoms with Crippen LogP contribution in [0.15, 0.2) is 0 Å². The maximum absolute atomic E-state index is 11.3. The Hall–Kier alpha value is -0.980. The van der Waals surface area contributed by atoms with Crippen molar-refractivity contribution in [3.8, 4) is 0 Å². The maximum atomic E-state index is 11.3. The number of esters is 1. The van der Waals surface area contributed by atoms with Crippen molar-refractivity contribution in [3.63, 3.8) is 0 Å².